The van der Waals surface area contributed by atoms with Gasteiger partial charge in [-0.1, -0.05) is 23.7 Å². The van der Waals surface area contributed by atoms with Crippen molar-refractivity contribution in [1.82, 2.24) is 9.38 Å². The Morgan fingerprint density at radius 1 is 1.22 bits per heavy atom. The zero-order valence-electron chi connectivity index (χ0n) is 14.7. The molecule has 3 aromatic rings. The topological polar surface area (TPSA) is 90.1 Å². The number of nitrogens with zero attached hydrogens (tertiary/aromatic N) is 2. The number of benzene rings is 1. The summed E-state index contributed by atoms with van der Waals surface area (Å²) in [4.78, 5) is 29.1. The third-order valence-corrected chi connectivity index (χ3v) is 4.49. The Kier molecular flexibility index (Phi) is 5.32. The molecule has 7 nitrogen and oxygen atoms in total. The van der Waals surface area contributed by atoms with Crippen LogP contribution in [0.1, 0.15) is 23.5 Å². The largest absolute Gasteiger partial charge is 0.497 e. The van der Waals surface area contributed by atoms with Crippen LogP contribution in [0.25, 0.3) is 5.65 Å². The molecule has 3 rings (SSSR count). The van der Waals surface area contributed by atoms with Crippen LogP contribution in [0.4, 0.5) is 0 Å². The van der Waals surface area contributed by atoms with Crippen LogP contribution in [0, 0.1) is 0 Å². The van der Waals surface area contributed by atoms with Crippen molar-refractivity contribution in [2.24, 2.45) is 0 Å². The van der Waals surface area contributed by atoms with Gasteiger partial charge in [0.25, 0.3) is 5.56 Å². The number of ether oxygens (including phenoxy) is 2. The molecular weight excluding hydrogens is 372 g/mol. The maximum absolute atomic E-state index is 13.0. The first kappa shape index (κ1) is 18.7. The van der Waals surface area contributed by atoms with Crippen LogP contribution in [-0.2, 0) is 9.53 Å². The first-order valence-electron chi connectivity index (χ1n) is 8.06. The molecule has 0 aliphatic heterocycles. The van der Waals surface area contributed by atoms with Crippen molar-refractivity contribution in [3.63, 3.8) is 0 Å². The van der Waals surface area contributed by atoms with E-state index in [1.165, 1.54) is 30.9 Å². The Balaban J connectivity index is 2.21. The van der Waals surface area contributed by atoms with Crippen molar-refractivity contribution in [3.8, 4) is 11.6 Å². The highest BCUT2D eigenvalue weighted by molar-refractivity contribution is 6.30. The predicted molar refractivity (Wildman–Crippen MR) is 99.6 cm³/mol. The summed E-state index contributed by atoms with van der Waals surface area (Å²) in [6, 6.07) is 9.95. The van der Waals surface area contributed by atoms with Gasteiger partial charge in [-0.05, 0) is 29.8 Å². The number of pyridine rings is 1. The summed E-state index contributed by atoms with van der Waals surface area (Å²) in [6.45, 7) is 0. The highest BCUT2D eigenvalue weighted by Gasteiger charge is 2.27. The molecule has 0 aliphatic carbocycles. The number of hydrogen-bond donors (Lipinski definition) is 1. The molecule has 1 aromatic carbocycles. The third-order valence-electron chi connectivity index (χ3n) is 4.27. The van der Waals surface area contributed by atoms with E-state index in [4.69, 9.17) is 21.1 Å². The first-order valence-corrected chi connectivity index (χ1v) is 8.44. The van der Waals surface area contributed by atoms with Gasteiger partial charge in [0, 0.05) is 12.1 Å². The SMILES string of the molecule is COC(=O)CC(c1ccc(OC)cc1)c1c(O)nc2ccc(Cl)cn2c1=O. The summed E-state index contributed by atoms with van der Waals surface area (Å²) in [5.41, 5.74) is 0.365. The lowest BCUT2D eigenvalue weighted by atomic mass is 9.89. The second kappa shape index (κ2) is 7.67. The summed E-state index contributed by atoms with van der Waals surface area (Å²) < 4.78 is 11.1. The quantitative estimate of drug-likeness (QED) is 0.676. The van der Waals surface area contributed by atoms with Crippen LogP contribution in [0.3, 0.4) is 0 Å². The Morgan fingerprint density at radius 2 is 1.93 bits per heavy atom. The molecule has 0 amide bonds. The number of aromatic hydroxyl groups is 1. The molecule has 1 N–H and O–H groups in total. The van der Waals surface area contributed by atoms with E-state index >= 15 is 0 Å². The average molecular weight is 389 g/mol. The summed E-state index contributed by atoms with van der Waals surface area (Å²) in [7, 11) is 2.80. The normalized spacial score (nSPS) is 12.0. The molecule has 0 fully saturated rings. The van der Waals surface area contributed by atoms with Crippen molar-refractivity contribution in [2.45, 2.75) is 12.3 Å². The number of rotatable bonds is 5. The van der Waals surface area contributed by atoms with Crippen LogP contribution in [0.2, 0.25) is 5.02 Å². The van der Waals surface area contributed by atoms with Crippen LogP contribution >= 0.6 is 11.6 Å². The summed E-state index contributed by atoms with van der Waals surface area (Å²) in [6.07, 6.45) is 1.28. The standard InChI is InChI=1S/C19H17ClN2O5/c1-26-13-6-3-11(4-7-13)14(9-16(23)27-2)17-18(24)21-15-8-5-12(20)10-22(15)19(17)25/h3-8,10,14,24H,9H2,1-2H3. The first-order chi connectivity index (χ1) is 12.9. The smallest absolute Gasteiger partial charge is 0.306 e. The van der Waals surface area contributed by atoms with Gasteiger partial charge in [-0.3, -0.25) is 14.0 Å². The third kappa shape index (κ3) is 3.73. The second-order valence-corrected chi connectivity index (χ2v) is 6.27. The summed E-state index contributed by atoms with van der Waals surface area (Å²) in [5.74, 6) is -1.09. The van der Waals surface area contributed by atoms with E-state index in [1.807, 2.05) is 0 Å². The number of methoxy groups -OCH3 is 2. The van der Waals surface area contributed by atoms with Crippen LogP contribution in [0.15, 0.2) is 47.4 Å². The number of esters is 1. The van der Waals surface area contributed by atoms with Crippen molar-refractivity contribution in [1.29, 1.82) is 0 Å². The Morgan fingerprint density at radius 3 is 2.56 bits per heavy atom. The molecule has 0 aliphatic rings. The number of carbonyl (C=O) groups is 1. The van der Waals surface area contributed by atoms with Gasteiger partial charge in [-0.25, -0.2) is 0 Å². The van der Waals surface area contributed by atoms with Crippen LogP contribution < -0.4 is 10.3 Å². The molecule has 1 unspecified atom stereocenters. The van der Waals surface area contributed by atoms with E-state index in [0.29, 0.717) is 16.3 Å². The van der Waals surface area contributed by atoms with Crippen LogP contribution in [0.5, 0.6) is 11.6 Å². The number of carbonyl (C=O) groups excluding carboxylic acids is 1. The summed E-state index contributed by atoms with van der Waals surface area (Å²) >= 11 is 5.98. The van der Waals surface area contributed by atoms with Gasteiger partial charge < -0.3 is 14.6 Å². The van der Waals surface area contributed by atoms with E-state index in [1.54, 1.807) is 30.3 Å². The lowest BCUT2D eigenvalue weighted by Gasteiger charge is -2.18. The van der Waals surface area contributed by atoms with E-state index < -0.39 is 23.3 Å². The maximum atomic E-state index is 13.0. The van der Waals surface area contributed by atoms with Gasteiger partial charge in [0.05, 0.1) is 31.2 Å². The number of halogens is 1. The molecule has 0 saturated heterocycles. The molecule has 0 radical (unpaired) electrons. The minimum Gasteiger partial charge on any atom is -0.497 e. The van der Waals surface area contributed by atoms with Gasteiger partial charge in [0.1, 0.15) is 11.4 Å². The van der Waals surface area contributed by atoms with Gasteiger partial charge in [0.2, 0.25) is 5.88 Å². The van der Waals surface area contributed by atoms with Gasteiger partial charge in [-0.2, -0.15) is 4.98 Å². The Bertz CT molecular complexity index is 1050. The fraction of sp³-hybridized carbons (Fsp3) is 0.211. The monoisotopic (exact) mass is 388 g/mol. The van der Waals surface area contributed by atoms with E-state index in [9.17, 15) is 14.7 Å². The molecule has 140 valence electrons. The second-order valence-electron chi connectivity index (χ2n) is 5.84. The Hall–Kier alpha value is -3.06. The van der Waals surface area contributed by atoms with Crippen molar-refractivity contribution >= 4 is 23.2 Å². The highest BCUT2D eigenvalue weighted by atomic mass is 35.5. The zero-order chi connectivity index (χ0) is 19.6. The van der Waals surface area contributed by atoms with Gasteiger partial charge in [-0.15, -0.1) is 0 Å². The fourth-order valence-electron chi connectivity index (χ4n) is 2.89. The minimum absolute atomic E-state index is 0.00895. The number of fused-ring (bicyclic) bond motifs is 1. The molecular formula is C19H17ClN2O5. The van der Waals surface area contributed by atoms with E-state index in [-0.39, 0.29) is 17.6 Å². The van der Waals surface area contributed by atoms with Gasteiger partial charge >= 0.3 is 5.97 Å². The van der Waals surface area contributed by atoms with Crippen LogP contribution in [-0.4, -0.2) is 34.7 Å². The van der Waals surface area contributed by atoms with Crippen molar-refractivity contribution in [3.05, 3.63) is 69.1 Å². The highest BCUT2D eigenvalue weighted by Crippen LogP contribution is 2.32. The lowest BCUT2D eigenvalue weighted by Crippen LogP contribution is -2.24. The average Bonchev–Trinajstić information content (AvgIpc) is 2.67. The van der Waals surface area contributed by atoms with Crippen molar-refractivity contribution in [2.75, 3.05) is 14.2 Å². The lowest BCUT2D eigenvalue weighted by molar-refractivity contribution is -0.140. The van der Waals surface area contributed by atoms with E-state index in [2.05, 4.69) is 4.98 Å². The molecule has 2 aromatic heterocycles. The predicted octanol–water partition coefficient (Wildman–Crippen LogP) is 2.76. The zero-order valence-corrected chi connectivity index (χ0v) is 15.4. The summed E-state index contributed by atoms with van der Waals surface area (Å²) in [5, 5.41) is 10.8. The number of aromatic nitrogens is 2. The molecule has 27 heavy (non-hydrogen) atoms. The molecule has 1 atom stereocenters. The van der Waals surface area contributed by atoms with E-state index in [0.717, 1.165) is 0 Å². The fourth-order valence-corrected chi connectivity index (χ4v) is 3.05. The van der Waals surface area contributed by atoms with Crippen molar-refractivity contribution < 1.29 is 19.4 Å². The number of hydrogen-bond acceptors (Lipinski definition) is 6. The van der Waals surface area contributed by atoms with Gasteiger partial charge in [0.15, 0.2) is 0 Å². The molecule has 0 bridgehead atoms. The maximum Gasteiger partial charge on any atom is 0.306 e. The molecule has 0 spiro atoms. The Labute approximate surface area is 159 Å². The molecule has 2 heterocycles. The minimum atomic E-state index is -0.751. The molecule has 8 heteroatoms. The molecule has 0 saturated carbocycles.